The van der Waals surface area contributed by atoms with Crippen LogP contribution in [0, 0.1) is 0 Å². The summed E-state index contributed by atoms with van der Waals surface area (Å²) in [6, 6.07) is 12.6. The standard InChI is InChI=1S/C25H29ClN6O3S2.3H2/c1-17(32-12-2-3-18-15-19(26)4-9-23(18)32)24(33)29-20-10-13-31(14-11-20)21-5-7-22(8-6-21)37(34,35)30-25-27-16-28-36-25;;;/h4-9,15-17,20H,2-3,10-14H2,1H3,(H,29,33)(H,27,28,30);3*1H/t17-;;;/m1.../s1. The Morgan fingerprint density at radius 3 is 2.62 bits per heavy atom. The highest BCUT2D eigenvalue weighted by Gasteiger charge is 2.29. The number of nitrogens with zero attached hydrogens (tertiary/aromatic N) is 4. The van der Waals surface area contributed by atoms with Crippen molar-refractivity contribution in [2.75, 3.05) is 34.2 Å². The van der Waals surface area contributed by atoms with E-state index in [0.29, 0.717) is 0 Å². The molecule has 3 heterocycles. The van der Waals surface area contributed by atoms with E-state index < -0.39 is 10.0 Å². The van der Waals surface area contributed by atoms with Gasteiger partial charge < -0.3 is 15.1 Å². The predicted octanol–water partition coefficient (Wildman–Crippen LogP) is 4.66. The van der Waals surface area contributed by atoms with Crippen molar-refractivity contribution in [1.82, 2.24) is 14.7 Å². The van der Waals surface area contributed by atoms with Crippen LogP contribution < -0.4 is 19.8 Å². The molecular formula is C25H35ClN6O3S2. The molecule has 37 heavy (non-hydrogen) atoms. The van der Waals surface area contributed by atoms with Gasteiger partial charge in [-0.05, 0) is 80.6 Å². The maximum Gasteiger partial charge on any atom is 0.263 e. The van der Waals surface area contributed by atoms with Crippen molar-refractivity contribution in [3.8, 4) is 0 Å². The number of amides is 1. The van der Waals surface area contributed by atoms with E-state index in [1.165, 1.54) is 11.9 Å². The maximum atomic E-state index is 13.1. The number of nitrogens with one attached hydrogen (secondary N) is 2. The lowest BCUT2D eigenvalue weighted by Gasteiger charge is -2.38. The summed E-state index contributed by atoms with van der Waals surface area (Å²) in [6.07, 6.45) is 4.93. The summed E-state index contributed by atoms with van der Waals surface area (Å²) in [7, 11) is -3.71. The Hall–Kier alpha value is -2.89. The van der Waals surface area contributed by atoms with Gasteiger partial charge in [0.15, 0.2) is 0 Å². The average molecular weight is 567 g/mol. The fraction of sp³-hybridized carbons (Fsp3) is 0.400. The number of benzene rings is 2. The SMILES string of the molecule is C[C@H](C(=O)NC1CCN(c2ccc(S(=O)(=O)Nc3ncns3)cc2)CC1)N1CCCc2cc(Cl)ccc21.[HH].[HH].[HH]. The molecule has 1 fully saturated rings. The highest BCUT2D eigenvalue weighted by atomic mass is 35.5. The first kappa shape index (κ1) is 25.7. The highest BCUT2D eigenvalue weighted by molar-refractivity contribution is 7.93. The van der Waals surface area contributed by atoms with Crippen molar-refractivity contribution in [2.45, 2.75) is 49.6 Å². The molecule has 1 aromatic heterocycles. The van der Waals surface area contributed by atoms with Crippen LogP contribution in [-0.4, -0.2) is 55.4 Å². The van der Waals surface area contributed by atoms with Gasteiger partial charge in [0.1, 0.15) is 12.4 Å². The van der Waals surface area contributed by atoms with Crippen LogP contribution in [0.1, 0.15) is 36.0 Å². The second-order valence-electron chi connectivity index (χ2n) is 9.36. The zero-order chi connectivity index (χ0) is 26.0. The lowest BCUT2D eigenvalue weighted by molar-refractivity contribution is -0.122. The van der Waals surface area contributed by atoms with Crippen molar-refractivity contribution in [3.05, 3.63) is 59.4 Å². The van der Waals surface area contributed by atoms with Gasteiger partial charge in [-0.3, -0.25) is 9.52 Å². The first-order chi connectivity index (χ1) is 17.8. The van der Waals surface area contributed by atoms with E-state index in [9.17, 15) is 13.2 Å². The van der Waals surface area contributed by atoms with Crippen LogP contribution >= 0.6 is 23.1 Å². The van der Waals surface area contributed by atoms with Crippen molar-refractivity contribution >= 4 is 55.6 Å². The molecule has 202 valence electrons. The van der Waals surface area contributed by atoms with Gasteiger partial charge in [0.05, 0.1) is 4.90 Å². The third kappa shape index (κ3) is 5.83. The van der Waals surface area contributed by atoms with Crippen LogP contribution in [-0.2, 0) is 21.2 Å². The predicted molar refractivity (Wildman–Crippen MR) is 153 cm³/mol. The first-order valence-corrected chi connectivity index (χ1v) is 14.9. The summed E-state index contributed by atoms with van der Waals surface area (Å²) in [4.78, 5) is 21.5. The number of halogens is 1. The van der Waals surface area contributed by atoms with Crippen molar-refractivity contribution in [3.63, 3.8) is 0 Å². The summed E-state index contributed by atoms with van der Waals surface area (Å²) in [5.41, 5.74) is 3.25. The maximum absolute atomic E-state index is 13.1. The summed E-state index contributed by atoms with van der Waals surface area (Å²) < 4.78 is 31.3. The van der Waals surface area contributed by atoms with E-state index in [0.717, 1.165) is 73.2 Å². The minimum absolute atomic E-state index is 0. The number of carbonyl (C=O) groups is 1. The number of rotatable bonds is 7. The van der Waals surface area contributed by atoms with Crippen LogP contribution in [0.2, 0.25) is 5.02 Å². The molecular weight excluding hydrogens is 532 g/mol. The normalized spacial score (nSPS) is 17.2. The third-order valence-corrected chi connectivity index (χ3v) is 9.28. The number of piperidine rings is 1. The van der Waals surface area contributed by atoms with Crippen molar-refractivity contribution in [2.24, 2.45) is 0 Å². The number of hydrogen-bond donors (Lipinski definition) is 2. The minimum Gasteiger partial charge on any atom is -0.371 e. The Morgan fingerprint density at radius 2 is 1.92 bits per heavy atom. The lowest BCUT2D eigenvalue weighted by Crippen LogP contribution is -2.52. The molecule has 2 N–H and O–H groups in total. The van der Waals surface area contributed by atoms with Gasteiger partial charge in [-0.2, -0.15) is 4.37 Å². The number of aryl methyl sites for hydroxylation is 1. The van der Waals surface area contributed by atoms with Gasteiger partial charge in [-0.25, -0.2) is 13.4 Å². The molecule has 0 bridgehead atoms. The molecule has 0 saturated carbocycles. The molecule has 3 aromatic rings. The van der Waals surface area contributed by atoms with Crippen LogP contribution in [0.5, 0.6) is 0 Å². The van der Waals surface area contributed by atoms with Crippen LogP contribution in [0.4, 0.5) is 16.5 Å². The highest BCUT2D eigenvalue weighted by Crippen LogP contribution is 2.31. The van der Waals surface area contributed by atoms with Crippen LogP contribution in [0.3, 0.4) is 0 Å². The van der Waals surface area contributed by atoms with Gasteiger partial charge in [0.25, 0.3) is 10.0 Å². The second kappa shape index (κ2) is 10.8. The molecule has 0 spiro atoms. The largest absolute Gasteiger partial charge is 0.371 e. The smallest absolute Gasteiger partial charge is 0.263 e. The lowest BCUT2D eigenvalue weighted by atomic mass is 9.99. The number of carbonyl (C=O) groups excluding carboxylic acids is 1. The van der Waals surface area contributed by atoms with Crippen LogP contribution in [0.25, 0.3) is 0 Å². The Balaban J connectivity index is 0.00000187. The molecule has 1 atom stereocenters. The monoisotopic (exact) mass is 566 g/mol. The second-order valence-corrected chi connectivity index (χ2v) is 12.3. The third-order valence-electron chi connectivity index (χ3n) is 6.98. The van der Waals surface area contributed by atoms with Gasteiger partial charge in [-0.1, -0.05) is 11.6 Å². The molecule has 5 rings (SSSR count). The fourth-order valence-electron chi connectivity index (χ4n) is 4.97. The Bertz CT molecular complexity index is 1360. The van der Waals surface area contributed by atoms with Gasteiger partial charge in [0, 0.05) is 57.9 Å². The molecule has 9 nitrogen and oxygen atoms in total. The molecule has 0 unspecified atom stereocenters. The molecule has 1 amide bonds. The number of hydrogen-bond acceptors (Lipinski definition) is 8. The number of sulfonamides is 1. The number of fused-ring (bicyclic) bond motifs is 1. The molecule has 2 aliphatic rings. The van der Waals surface area contributed by atoms with Gasteiger partial charge in [0.2, 0.25) is 11.0 Å². The Labute approximate surface area is 230 Å². The molecule has 2 aromatic carbocycles. The Morgan fingerprint density at radius 1 is 1.16 bits per heavy atom. The van der Waals surface area contributed by atoms with E-state index in [2.05, 4.69) is 29.2 Å². The van der Waals surface area contributed by atoms with Crippen molar-refractivity contribution in [1.29, 1.82) is 0 Å². The van der Waals surface area contributed by atoms with E-state index in [-0.39, 0.29) is 32.3 Å². The van der Waals surface area contributed by atoms with Crippen molar-refractivity contribution < 1.29 is 17.5 Å². The van der Waals surface area contributed by atoms with E-state index in [1.54, 1.807) is 12.1 Å². The van der Waals surface area contributed by atoms with E-state index in [4.69, 9.17) is 11.6 Å². The molecule has 2 aliphatic heterocycles. The van der Waals surface area contributed by atoms with E-state index >= 15 is 0 Å². The fourth-order valence-corrected chi connectivity index (χ4v) is 6.83. The van der Waals surface area contributed by atoms with Gasteiger partial charge in [-0.15, -0.1) is 0 Å². The molecule has 0 radical (unpaired) electrons. The summed E-state index contributed by atoms with van der Waals surface area (Å²) in [5.74, 6) is 0.0405. The summed E-state index contributed by atoms with van der Waals surface area (Å²) >= 11 is 7.15. The van der Waals surface area contributed by atoms with E-state index in [1.807, 2.05) is 37.3 Å². The zero-order valence-corrected chi connectivity index (χ0v) is 22.8. The number of aromatic nitrogens is 2. The van der Waals surface area contributed by atoms with Crippen LogP contribution in [0.15, 0.2) is 53.7 Å². The average Bonchev–Trinajstić information content (AvgIpc) is 3.40. The molecule has 0 aliphatic carbocycles. The zero-order valence-electron chi connectivity index (χ0n) is 20.4. The molecule has 1 saturated heterocycles. The summed E-state index contributed by atoms with van der Waals surface area (Å²) in [5, 5.41) is 4.21. The number of anilines is 3. The first-order valence-electron chi connectivity index (χ1n) is 12.3. The quantitative estimate of drug-likeness (QED) is 0.428. The Kier molecular flexibility index (Phi) is 7.55. The minimum atomic E-state index is -3.71. The molecule has 12 heteroatoms. The van der Waals surface area contributed by atoms with Gasteiger partial charge >= 0.3 is 0 Å². The topological polar surface area (TPSA) is 108 Å². The summed E-state index contributed by atoms with van der Waals surface area (Å²) in [6.45, 7) is 4.37.